The van der Waals surface area contributed by atoms with Gasteiger partial charge in [-0.2, -0.15) is 4.31 Å². The SMILES string of the molecule is CCCCc1cc(C)cc(CCCC)c1OC(c1c(CCCC)cc(C)cc1CCCC)C(CO)(CO)CO.O=P(O)(O)OP(=O)(O)O. The van der Waals surface area contributed by atoms with Gasteiger partial charge in [0.1, 0.15) is 11.9 Å². The van der Waals surface area contributed by atoms with Crippen molar-refractivity contribution in [2.75, 3.05) is 19.8 Å². The Morgan fingerprint density at radius 2 is 0.917 bits per heavy atom. The molecule has 0 radical (unpaired) electrons. The van der Waals surface area contributed by atoms with Gasteiger partial charge in [-0.3, -0.25) is 0 Å². The first kappa shape index (κ1) is 44.4. The van der Waals surface area contributed by atoms with Crippen molar-refractivity contribution in [3.05, 3.63) is 63.2 Å². The van der Waals surface area contributed by atoms with Gasteiger partial charge in [-0.15, -0.1) is 0 Å². The molecule has 0 heterocycles. The normalized spacial score (nSPS) is 12.9. The van der Waals surface area contributed by atoms with Gasteiger partial charge in [-0.25, -0.2) is 9.13 Å². The van der Waals surface area contributed by atoms with Crippen molar-refractivity contribution < 1.29 is 53.1 Å². The van der Waals surface area contributed by atoms with Gasteiger partial charge in [0.05, 0.1) is 25.2 Å². The fraction of sp³-hybridized carbons (Fsp3) is 0.657. The number of benzene rings is 2. The molecule has 2 aromatic carbocycles. The average Bonchev–Trinajstić information content (AvgIpc) is 3.00. The summed E-state index contributed by atoms with van der Waals surface area (Å²) in [5.41, 5.74) is 7.10. The summed E-state index contributed by atoms with van der Waals surface area (Å²) >= 11 is 0. The average molecular weight is 719 g/mol. The minimum Gasteiger partial charge on any atom is -0.484 e. The van der Waals surface area contributed by atoms with Crippen LogP contribution in [0.1, 0.15) is 124 Å². The van der Waals surface area contributed by atoms with E-state index >= 15 is 0 Å². The number of hydrogen-bond donors (Lipinski definition) is 7. The van der Waals surface area contributed by atoms with Crippen LogP contribution in [-0.2, 0) is 39.1 Å². The van der Waals surface area contributed by atoms with Gasteiger partial charge in [0.25, 0.3) is 0 Å². The first-order valence-corrected chi connectivity index (χ1v) is 20.2. The van der Waals surface area contributed by atoms with E-state index in [1.807, 2.05) is 0 Å². The smallest absolute Gasteiger partial charge is 0.478 e. The number of aliphatic hydroxyl groups is 3. The minimum atomic E-state index is -5.05. The molecule has 0 saturated heterocycles. The molecule has 0 amide bonds. The van der Waals surface area contributed by atoms with Crippen molar-refractivity contribution in [3.8, 4) is 5.75 Å². The summed E-state index contributed by atoms with van der Waals surface area (Å²) in [6.45, 7) is 12.0. The van der Waals surface area contributed by atoms with Gasteiger partial charge in [0.2, 0.25) is 0 Å². The summed E-state index contributed by atoms with van der Waals surface area (Å²) in [4.78, 5) is 31.0. The van der Waals surface area contributed by atoms with Crippen molar-refractivity contribution in [2.24, 2.45) is 5.41 Å². The van der Waals surface area contributed by atoms with Crippen LogP contribution in [0.25, 0.3) is 0 Å². The Balaban J connectivity index is 0.00000112. The van der Waals surface area contributed by atoms with Crippen LogP contribution in [0.15, 0.2) is 24.3 Å². The maximum Gasteiger partial charge on any atom is 0.478 e. The molecule has 0 aliphatic rings. The van der Waals surface area contributed by atoms with Crippen LogP contribution < -0.4 is 4.74 Å². The van der Waals surface area contributed by atoms with E-state index in [1.165, 1.54) is 33.4 Å². The lowest BCUT2D eigenvalue weighted by atomic mass is 9.76. The van der Waals surface area contributed by atoms with Crippen LogP contribution in [0.5, 0.6) is 5.75 Å². The third-order valence-electron chi connectivity index (χ3n) is 8.29. The second-order valence-corrected chi connectivity index (χ2v) is 15.3. The monoisotopic (exact) mass is 718 g/mol. The van der Waals surface area contributed by atoms with Crippen molar-refractivity contribution >= 4 is 15.6 Å². The molecule has 0 spiro atoms. The molecule has 11 nitrogen and oxygen atoms in total. The molecule has 0 fully saturated rings. The van der Waals surface area contributed by atoms with Crippen LogP contribution in [0.2, 0.25) is 0 Å². The van der Waals surface area contributed by atoms with E-state index < -0.39 is 27.2 Å². The maximum atomic E-state index is 10.7. The molecule has 0 saturated carbocycles. The van der Waals surface area contributed by atoms with Crippen molar-refractivity contribution in [2.45, 2.75) is 125 Å². The molecule has 2 aromatic rings. The fourth-order valence-electron chi connectivity index (χ4n) is 5.77. The molecule has 7 N–H and O–H groups in total. The van der Waals surface area contributed by atoms with Crippen molar-refractivity contribution in [3.63, 3.8) is 0 Å². The number of hydrogen-bond acceptors (Lipinski definition) is 7. The molecular weight excluding hydrogens is 658 g/mol. The highest BCUT2D eigenvalue weighted by atomic mass is 31.3. The minimum absolute atomic E-state index is 0.362. The summed E-state index contributed by atoms with van der Waals surface area (Å²) in [7, 11) is -10.1. The van der Waals surface area contributed by atoms with E-state index in [4.69, 9.17) is 24.3 Å². The Morgan fingerprint density at radius 3 is 1.19 bits per heavy atom. The number of phosphoric acid groups is 2. The molecule has 48 heavy (non-hydrogen) atoms. The lowest BCUT2D eigenvalue weighted by Crippen LogP contribution is -2.43. The predicted octanol–water partition coefficient (Wildman–Crippen LogP) is 6.95. The van der Waals surface area contributed by atoms with Crippen molar-refractivity contribution in [1.29, 1.82) is 0 Å². The molecule has 2 rings (SSSR count). The van der Waals surface area contributed by atoms with Crippen LogP contribution >= 0.6 is 15.6 Å². The molecule has 0 aromatic heterocycles. The standard InChI is InChI=1S/C35H56O4.H4O7P2/c1-7-11-15-28-19-26(5)20-29(16-12-8-2)32(28)34(35(23-36,24-37)25-38)39-33-30(17-13-9-3)21-27(6)22-31(33)18-14-10-4;1-8(2,3)7-9(4,5)6/h19-22,34,36-38H,7-18,23-25H2,1-6H3;(H2,1,2,3)(H2,4,5,6). The molecule has 0 bridgehead atoms. The molecule has 13 heteroatoms. The van der Waals surface area contributed by atoms with E-state index in [1.54, 1.807) is 0 Å². The molecule has 1 atom stereocenters. The molecule has 0 aliphatic carbocycles. The van der Waals surface area contributed by atoms with E-state index in [0.717, 1.165) is 88.4 Å². The second kappa shape index (κ2) is 21.6. The van der Waals surface area contributed by atoms with Gasteiger partial charge in [0.15, 0.2) is 0 Å². The Morgan fingerprint density at radius 1 is 0.604 bits per heavy atom. The van der Waals surface area contributed by atoms with Gasteiger partial charge in [-0.05, 0) is 93.0 Å². The van der Waals surface area contributed by atoms with Crippen molar-refractivity contribution in [1.82, 2.24) is 0 Å². The van der Waals surface area contributed by atoms with Gasteiger partial charge < -0.3 is 39.6 Å². The van der Waals surface area contributed by atoms with E-state index in [-0.39, 0.29) is 19.8 Å². The van der Waals surface area contributed by atoms with Crippen LogP contribution in [0.3, 0.4) is 0 Å². The lowest BCUT2D eigenvalue weighted by Gasteiger charge is -2.39. The van der Waals surface area contributed by atoms with Gasteiger partial charge in [-0.1, -0.05) is 88.8 Å². The fourth-order valence-corrected chi connectivity index (χ4v) is 6.88. The van der Waals surface area contributed by atoms with E-state index in [0.29, 0.717) is 0 Å². The molecule has 0 aliphatic heterocycles. The van der Waals surface area contributed by atoms with Gasteiger partial charge >= 0.3 is 15.6 Å². The molecule has 1 unspecified atom stereocenters. The first-order chi connectivity index (χ1) is 22.5. The second-order valence-electron chi connectivity index (χ2n) is 12.7. The maximum absolute atomic E-state index is 10.7. The Bertz CT molecular complexity index is 1250. The number of ether oxygens (including phenoxy) is 1. The summed E-state index contributed by atoms with van der Waals surface area (Å²) in [6, 6.07) is 8.97. The Hall–Kier alpha value is -1.62. The van der Waals surface area contributed by atoms with E-state index in [9.17, 15) is 24.4 Å². The van der Waals surface area contributed by atoms with Crippen LogP contribution in [0.4, 0.5) is 0 Å². The Kier molecular flexibility index (Phi) is 19.9. The quantitative estimate of drug-likeness (QED) is 0.0661. The van der Waals surface area contributed by atoms with Crippen LogP contribution in [0, 0.1) is 19.3 Å². The summed E-state index contributed by atoms with van der Waals surface area (Å²) in [5.74, 6) is 0.885. The number of unbranched alkanes of at least 4 members (excludes halogenated alkanes) is 4. The zero-order chi connectivity index (χ0) is 36.5. The topological polar surface area (TPSA) is 194 Å². The molecular formula is C35H60O11P2. The number of aryl methyl sites for hydroxylation is 6. The number of rotatable bonds is 21. The summed E-state index contributed by atoms with van der Waals surface area (Å²) in [5, 5.41) is 32.2. The Labute approximate surface area is 287 Å². The predicted molar refractivity (Wildman–Crippen MR) is 189 cm³/mol. The number of aliphatic hydroxyl groups excluding tert-OH is 3. The summed E-state index contributed by atoms with van der Waals surface area (Å²) in [6.07, 6.45) is 11.6. The zero-order valence-corrected chi connectivity index (χ0v) is 31.4. The zero-order valence-electron chi connectivity index (χ0n) is 29.7. The highest BCUT2D eigenvalue weighted by Crippen LogP contribution is 2.53. The highest BCUT2D eigenvalue weighted by Gasteiger charge is 2.43. The molecule has 276 valence electrons. The van der Waals surface area contributed by atoms with E-state index in [2.05, 4.69) is 70.1 Å². The highest BCUT2D eigenvalue weighted by molar-refractivity contribution is 7.60. The van der Waals surface area contributed by atoms with Crippen LogP contribution in [-0.4, -0.2) is 54.7 Å². The summed E-state index contributed by atoms with van der Waals surface area (Å²) < 4.78 is 29.4. The first-order valence-electron chi connectivity index (χ1n) is 17.1. The van der Waals surface area contributed by atoms with Gasteiger partial charge in [0, 0.05) is 0 Å². The largest absolute Gasteiger partial charge is 0.484 e. The third kappa shape index (κ3) is 14.7. The lowest BCUT2D eigenvalue weighted by molar-refractivity contribution is -0.0753. The third-order valence-corrected chi connectivity index (χ3v) is 9.99.